The highest BCUT2D eigenvalue weighted by Gasteiger charge is 2.46. The van der Waals surface area contributed by atoms with Crippen LogP contribution < -0.4 is 9.64 Å². The first-order valence-electron chi connectivity index (χ1n) is 10.9. The number of cyclic esters (lactones) is 1. The van der Waals surface area contributed by atoms with Gasteiger partial charge in [0.25, 0.3) is 0 Å². The van der Waals surface area contributed by atoms with Gasteiger partial charge >= 0.3 is 6.09 Å². The molecule has 2 aliphatic rings. The number of β-amino-alcohol motifs (C(OH)–C–C–N with tert-alkyl or cyclic N) is 1. The van der Waals surface area contributed by atoms with Crippen LogP contribution in [0.2, 0.25) is 0 Å². The molecule has 30 heavy (non-hydrogen) atoms. The summed E-state index contributed by atoms with van der Waals surface area (Å²) in [6.45, 7) is 9.64. The number of ether oxygens (including phenoxy) is 2. The third-order valence-electron chi connectivity index (χ3n) is 6.21. The molecule has 1 aliphatic carbocycles. The number of carbonyl (C=O) groups is 2. The highest BCUT2D eigenvalue weighted by Crippen LogP contribution is 2.43. The molecule has 1 aromatic carbocycles. The molecule has 1 aromatic rings. The quantitative estimate of drug-likeness (QED) is 0.732. The Balaban J connectivity index is 1.65. The average Bonchev–Trinajstić information content (AvgIpc) is 3.10. The van der Waals surface area contributed by atoms with Gasteiger partial charge in [-0.05, 0) is 70.7 Å². The zero-order valence-electron chi connectivity index (χ0n) is 18.5. The standard InChI is InChI=1S/C23H34N2O5/c1-5-25(18-6-8-19(9-7-18)30-17(2)3)20(26)22(4)10-12-23(28,13-11-22)16-24-14-15-29-21(24)27/h6-9,17,28H,5,10-16H2,1-4H3. The molecule has 0 radical (unpaired) electrons. The second kappa shape index (κ2) is 8.84. The lowest BCUT2D eigenvalue weighted by molar-refractivity contribution is -0.133. The number of carbonyl (C=O) groups excluding carboxylic acids is 2. The number of benzene rings is 1. The monoisotopic (exact) mass is 418 g/mol. The highest BCUT2D eigenvalue weighted by atomic mass is 16.6. The van der Waals surface area contributed by atoms with Crippen molar-refractivity contribution >= 4 is 17.7 Å². The van der Waals surface area contributed by atoms with E-state index in [4.69, 9.17) is 9.47 Å². The first-order valence-corrected chi connectivity index (χ1v) is 10.9. The van der Waals surface area contributed by atoms with Crippen LogP contribution >= 0.6 is 0 Å². The fraction of sp³-hybridized carbons (Fsp3) is 0.652. The Morgan fingerprint density at radius 2 is 1.87 bits per heavy atom. The van der Waals surface area contributed by atoms with E-state index in [9.17, 15) is 14.7 Å². The summed E-state index contributed by atoms with van der Waals surface area (Å²) in [4.78, 5) is 28.5. The average molecular weight is 419 g/mol. The molecule has 0 bridgehead atoms. The molecular formula is C23H34N2O5. The number of hydrogen-bond acceptors (Lipinski definition) is 5. The lowest BCUT2D eigenvalue weighted by atomic mass is 9.68. The molecule has 1 saturated heterocycles. The van der Waals surface area contributed by atoms with Crippen LogP contribution in [0.25, 0.3) is 0 Å². The topological polar surface area (TPSA) is 79.3 Å². The summed E-state index contributed by atoms with van der Waals surface area (Å²) in [6, 6.07) is 7.62. The SMILES string of the molecule is CCN(C(=O)C1(C)CCC(O)(CN2CCOC2=O)CC1)c1ccc(OC(C)C)cc1. The Bertz CT molecular complexity index is 753. The minimum atomic E-state index is -0.962. The molecule has 0 atom stereocenters. The number of nitrogens with zero attached hydrogens (tertiary/aromatic N) is 2. The van der Waals surface area contributed by atoms with Gasteiger partial charge in [-0.3, -0.25) is 4.79 Å². The minimum absolute atomic E-state index is 0.0742. The van der Waals surface area contributed by atoms with Crippen LogP contribution in [0.1, 0.15) is 53.4 Å². The van der Waals surface area contributed by atoms with E-state index < -0.39 is 11.0 Å². The maximum Gasteiger partial charge on any atom is 0.410 e. The minimum Gasteiger partial charge on any atom is -0.491 e. The molecular weight excluding hydrogens is 384 g/mol. The van der Waals surface area contributed by atoms with Crippen LogP contribution in [-0.4, -0.2) is 60.0 Å². The zero-order chi connectivity index (χ0) is 21.9. The van der Waals surface area contributed by atoms with E-state index in [1.54, 1.807) is 9.80 Å². The van der Waals surface area contributed by atoms with Gasteiger partial charge in [0, 0.05) is 17.6 Å². The first-order chi connectivity index (χ1) is 14.2. The van der Waals surface area contributed by atoms with Crippen molar-refractivity contribution in [3.63, 3.8) is 0 Å². The smallest absolute Gasteiger partial charge is 0.410 e. The molecule has 1 N–H and O–H groups in total. The van der Waals surface area contributed by atoms with Gasteiger partial charge in [-0.25, -0.2) is 4.79 Å². The maximum atomic E-state index is 13.5. The second-order valence-corrected chi connectivity index (χ2v) is 9.03. The van der Waals surface area contributed by atoms with Gasteiger partial charge in [0.2, 0.25) is 5.91 Å². The van der Waals surface area contributed by atoms with E-state index in [2.05, 4.69) is 0 Å². The van der Waals surface area contributed by atoms with Crippen LogP contribution in [0.3, 0.4) is 0 Å². The predicted octanol–water partition coefficient (Wildman–Crippen LogP) is 3.59. The summed E-state index contributed by atoms with van der Waals surface area (Å²) in [5.74, 6) is 0.858. The molecule has 166 valence electrons. The van der Waals surface area contributed by atoms with Gasteiger partial charge in [0.1, 0.15) is 12.4 Å². The molecule has 0 spiro atoms. The summed E-state index contributed by atoms with van der Waals surface area (Å²) in [6.07, 6.45) is 1.86. The Morgan fingerprint density at radius 3 is 2.37 bits per heavy atom. The highest BCUT2D eigenvalue weighted by molar-refractivity contribution is 5.97. The van der Waals surface area contributed by atoms with Crippen LogP contribution in [0.15, 0.2) is 24.3 Å². The van der Waals surface area contributed by atoms with Gasteiger partial charge in [-0.1, -0.05) is 6.92 Å². The Hall–Kier alpha value is -2.28. The number of hydrogen-bond donors (Lipinski definition) is 1. The van der Waals surface area contributed by atoms with Crippen molar-refractivity contribution in [2.45, 2.75) is 65.1 Å². The zero-order valence-corrected chi connectivity index (χ0v) is 18.5. The fourth-order valence-electron chi connectivity index (χ4n) is 4.31. The van der Waals surface area contributed by atoms with Crippen molar-refractivity contribution in [1.82, 2.24) is 4.90 Å². The van der Waals surface area contributed by atoms with E-state index in [0.717, 1.165) is 11.4 Å². The molecule has 1 heterocycles. The van der Waals surface area contributed by atoms with E-state index >= 15 is 0 Å². The van der Waals surface area contributed by atoms with E-state index in [-0.39, 0.29) is 24.6 Å². The largest absolute Gasteiger partial charge is 0.491 e. The van der Waals surface area contributed by atoms with Crippen LogP contribution in [0.5, 0.6) is 5.75 Å². The van der Waals surface area contributed by atoms with Crippen LogP contribution in [0.4, 0.5) is 10.5 Å². The van der Waals surface area contributed by atoms with Crippen LogP contribution in [-0.2, 0) is 9.53 Å². The summed E-state index contributed by atoms with van der Waals surface area (Å²) in [7, 11) is 0. The molecule has 7 heteroatoms. The van der Waals surface area contributed by atoms with E-state index in [1.807, 2.05) is 52.0 Å². The Morgan fingerprint density at radius 1 is 1.23 bits per heavy atom. The van der Waals surface area contributed by atoms with Crippen molar-refractivity contribution < 1.29 is 24.2 Å². The third-order valence-corrected chi connectivity index (χ3v) is 6.21. The van der Waals surface area contributed by atoms with Gasteiger partial charge in [-0.15, -0.1) is 0 Å². The predicted molar refractivity (Wildman–Crippen MR) is 115 cm³/mol. The number of aliphatic hydroxyl groups is 1. The molecule has 2 amide bonds. The van der Waals surface area contributed by atoms with Crippen molar-refractivity contribution in [2.24, 2.45) is 5.41 Å². The van der Waals surface area contributed by atoms with Crippen molar-refractivity contribution in [3.05, 3.63) is 24.3 Å². The summed E-state index contributed by atoms with van der Waals surface area (Å²) < 4.78 is 10.7. The normalized spacial score (nSPS) is 26.6. The fourth-order valence-corrected chi connectivity index (χ4v) is 4.31. The lowest BCUT2D eigenvalue weighted by Crippen LogP contribution is -2.51. The van der Waals surface area contributed by atoms with Gasteiger partial charge in [0.15, 0.2) is 0 Å². The molecule has 3 rings (SSSR count). The lowest BCUT2D eigenvalue weighted by Gasteiger charge is -2.44. The number of rotatable bonds is 7. The number of amides is 2. The van der Waals surface area contributed by atoms with E-state index in [1.165, 1.54) is 0 Å². The van der Waals surface area contributed by atoms with Gasteiger partial charge in [0.05, 0.1) is 24.8 Å². The van der Waals surface area contributed by atoms with Crippen LogP contribution in [0, 0.1) is 5.41 Å². The Kier molecular flexibility index (Phi) is 6.60. The molecule has 7 nitrogen and oxygen atoms in total. The summed E-state index contributed by atoms with van der Waals surface area (Å²) >= 11 is 0. The molecule has 0 unspecified atom stereocenters. The molecule has 1 aliphatic heterocycles. The van der Waals surface area contributed by atoms with Gasteiger partial charge in [-0.2, -0.15) is 0 Å². The van der Waals surface area contributed by atoms with Gasteiger partial charge < -0.3 is 24.4 Å². The molecule has 0 aromatic heterocycles. The molecule has 1 saturated carbocycles. The van der Waals surface area contributed by atoms with E-state index in [0.29, 0.717) is 45.4 Å². The maximum absolute atomic E-state index is 13.5. The van der Waals surface area contributed by atoms with Crippen molar-refractivity contribution in [2.75, 3.05) is 31.1 Å². The second-order valence-electron chi connectivity index (χ2n) is 9.03. The Labute approximate surface area is 178 Å². The van der Waals surface area contributed by atoms with Crippen molar-refractivity contribution in [3.8, 4) is 5.75 Å². The molecule has 2 fully saturated rings. The summed E-state index contributed by atoms with van der Waals surface area (Å²) in [5, 5.41) is 11.0. The number of anilines is 1. The summed E-state index contributed by atoms with van der Waals surface area (Å²) in [5.41, 5.74) is -0.655. The van der Waals surface area contributed by atoms with Crippen molar-refractivity contribution in [1.29, 1.82) is 0 Å². The first kappa shape index (κ1) is 22.4. The third kappa shape index (κ3) is 4.89.